The van der Waals surface area contributed by atoms with E-state index in [4.69, 9.17) is 4.74 Å². The van der Waals surface area contributed by atoms with Crippen molar-refractivity contribution in [2.45, 2.75) is 57.5 Å². The molecule has 1 saturated carbocycles. The number of hydrogen-bond acceptors (Lipinski definition) is 5. The van der Waals surface area contributed by atoms with Gasteiger partial charge >= 0.3 is 0 Å². The van der Waals surface area contributed by atoms with Gasteiger partial charge in [0, 0.05) is 5.56 Å². The maximum absolute atomic E-state index is 12.7. The number of rotatable bonds is 7. The Balaban J connectivity index is 1.63. The molecular formula is C20H26N2O4S. The Hall–Kier alpha value is -2.02. The highest BCUT2D eigenvalue weighted by Gasteiger charge is 2.41. The van der Waals surface area contributed by atoms with Gasteiger partial charge in [-0.2, -0.15) is 0 Å². The lowest BCUT2D eigenvalue weighted by Crippen LogP contribution is -2.54. The summed E-state index contributed by atoms with van der Waals surface area (Å²) in [6.45, 7) is 2.78. The second-order valence-corrected chi connectivity index (χ2v) is 7.90. The molecule has 1 heterocycles. The van der Waals surface area contributed by atoms with Crippen LogP contribution >= 0.6 is 11.8 Å². The summed E-state index contributed by atoms with van der Waals surface area (Å²) in [6, 6.07) is 6.65. The summed E-state index contributed by atoms with van der Waals surface area (Å²) in [5.41, 5.74) is 0.551. The standard InChI is InChI=1S/C20H26N2O4S/c1-2-3-12-26-15-10-8-14(9-11-15)19(24)21-16-6-4-5-7-17(16)22-18(23)13-27-20(22)25/h8-11,16-17H,2-7,12-13H2,1H3,(H,21,24). The van der Waals surface area contributed by atoms with Gasteiger partial charge in [-0.1, -0.05) is 37.9 Å². The van der Waals surface area contributed by atoms with E-state index < -0.39 is 0 Å². The topological polar surface area (TPSA) is 75.7 Å². The summed E-state index contributed by atoms with van der Waals surface area (Å²) in [4.78, 5) is 38.2. The van der Waals surface area contributed by atoms with E-state index in [1.54, 1.807) is 24.3 Å². The van der Waals surface area contributed by atoms with Gasteiger partial charge in [-0.25, -0.2) is 0 Å². The second-order valence-electron chi connectivity index (χ2n) is 6.98. The zero-order valence-corrected chi connectivity index (χ0v) is 16.4. The number of hydrogen-bond donors (Lipinski definition) is 1. The number of nitrogens with zero attached hydrogens (tertiary/aromatic N) is 1. The van der Waals surface area contributed by atoms with Gasteiger partial charge in [0.2, 0.25) is 5.91 Å². The lowest BCUT2D eigenvalue weighted by Gasteiger charge is -2.36. The van der Waals surface area contributed by atoms with Crippen LogP contribution in [0.1, 0.15) is 55.8 Å². The summed E-state index contributed by atoms with van der Waals surface area (Å²) in [7, 11) is 0. The van der Waals surface area contributed by atoms with Crippen LogP contribution in [0.2, 0.25) is 0 Å². The Bertz CT molecular complexity index is 676. The first-order valence-corrected chi connectivity index (χ1v) is 10.6. The van der Waals surface area contributed by atoms with Crippen molar-refractivity contribution in [3.05, 3.63) is 29.8 Å². The fraction of sp³-hybridized carbons (Fsp3) is 0.550. The normalized spacial score (nSPS) is 22.8. The van der Waals surface area contributed by atoms with Gasteiger partial charge in [0.1, 0.15) is 5.75 Å². The molecule has 2 aliphatic rings. The number of ether oxygens (including phenoxy) is 1. The zero-order chi connectivity index (χ0) is 19.2. The van der Waals surface area contributed by atoms with Crippen LogP contribution in [0.5, 0.6) is 5.75 Å². The Morgan fingerprint density at radius 2 is 1.96 bits per heavy atom. The van der Waals surface area contributed by atoms with Gasteiger partial charge in [0.15, 0.2) is 0 Å². The number of unbranched alkanes of at least 4 members (excludes halogenated alkanes) is 1. The van der Waals surface area contributed by atoms with Crippen LogP contribution in [-0.2, 0) is 4.79 Å². The van der Waals surface area contributed by atoms with Crippen molar-refractivity contribution in [1.82, 2.24) is 10.2 Å². The molecule has 0 bridgehead atoms. The molecule has 2 fully saturated rings. The molecule has 27 heavy (non-hydrogen) atoms. The van der Waals surface area contributed by atoms with E-state index in [2.05, 4.69) is 12.2 Å². The maximum Gasteiger partial charge on any atom is 0.289 e. The predicted molar refractivity (Wildman–Crippen MR) is 105 cm³/mol. The minimum atomic E-state index is -0.241. The smallest absolute Gasteiger partial charge is 0.289 e. The van der Waals surface area contributed by atoms with Crippen LogP contribution < -0.4 is 10.1 Å². The third-order valence-corrected chi connectivity index (χ3v) is 5.88. The number of carbonyl (C=O) groups is 3. The molecule has 0 aromatic heterocycles. The van der Waals surface area contributed by atoms with Crippen molar-refractivity contribution in [1.29, 1.82) is 0 Å². The fourth-order valence-corrected chi connectivity index (χ4v) is 4.32. The molecule has 1 saturated heterocycles. The summed E-state index contributed by atoms with van der Waals surface area (Å²) in [5.74, 6) is 0.625. The van der Waals surface area contributed by atoms with Crippen molar-refractivity contribution in [2.75, 3.05) is 12.4 Å². The van der Waals surface area contributed by atoms with E-state index in [9.17, 15) is 14.4 Å². The number of imide groups is 1. The van der Waals surface area contributed by atoms with Gasteiger partial charge in [-0.05, 0) is 43.5 Å². The van der Waals surface area contributed by atoms with Crippen LogP contribution in [0.15, 0.2) is 24.3 Å². The first-order chi connectivity index (χ1) is 13.1. The van der Waals surface area contributed by atoms with Gasteiger partial charge in [0.25, 0.3) is 11.1 Å². The van der Waals surface area contributed by atoms with Crippen molar-refractivity contribution in [3.8, 4) is 5.75 Å². The van der Waals surface area contributed by atoms with E-state index in [1.165, 1.54) is 4.90 Å². The summed E-state index contributed by atoms with van der Waals surface area (Å²) in [5, 5.41) is 2.85. The van der Waals surface area contributed by atoms with Crippen LogP contribution in [0.3, 0.4) is 0 Å². The lowest BCUT2D eigenvalue weighted by molar-refractivity contribution is -0.127. The Kier molecular flexibility index (Phi) is 6.77. The first-order valence-electron chi connectivity index (χ1n) is 9.62. The molecule has 0 spiro atoms. The van der Waals surface area contributed by atoms with Gasteiger partial charge in [-0.3, -0.25) is 19.3 Å². The first kappa shape index (κ1) is 19.7. The largest absolute Gasteiger partial charge is 0.494 e. The molecule has 1 aromatic rings. The highest BCUT2D eigenvalue weighted by molar-refractivity contribution is 8.14. The molecule has 3 amide bonds. The monoisotopic (exact) mass is 390 g/mol. The molecule has 6 nitrogen and oxygen atoms in total. The van der Waals surface area contributed by atoms with E-state index >= 15 is 0 Å². The Morgan fingerprint density at radius 1 is 1.22 bits per heavy atom. The van der Waals surface area contributed by atoms with E-state index in [-0.39, 0.29) is 34.9 Å². The molecule has 1 aliphatic carbocycles. The minimum absolute atomic E-state index is 0.148. The SMILES string of the molecule is CCCCOc1ccc(C(=O)NC2CCCCC2N2C(=O)CSC2=O)cc1. The second kappa shape index (κ2) is 9.26. The van der Waals surface area contributed by atoms with Crippen molar-refractivity contribution >= 4 is 28.8 Å². The minimum Gasteiger partial charge on any atom is -0.494 e. The molecule has 2 atom stereocenters. The third-order valence-electron chi connectivity index (χ3n) is 5.05. The van der Waals surface area contributed by atoms with Crippen molar-refractivity contribution in [2.24, 2.45) is 0 Å². The molecule has 1 aromatic carbocycles. The van der Waals surface area contributed by atoms with Crippen LogP contribution in [0, 0.1) is 0 Å². The molecule has 7 heteroatoms. The molecule has 1 aliphatic heterocycles. The third kappa shape index (κ3) is 4.83. The van der Waals surface area contributed by atoms with Crippen molar-refractivity contribution in [3.63, 3.8) is 0 Å². The maximum atomic E-state index is 12.7. The van der Waals surface area contributed by atoms with Crippen molar-refractivity contribution < 1.29 is 19.1 Å². The van der Waals surface area contributed by atoms with E-state index in [0.29, 0.717) is 12.2 Å². The zero-order valence-electron chi connectivity index (χ0n) is 15.6. The number of thioether (sulfide) groups is 1. The Labute approximate surface area is 164 Å². The van der Waals surface area contributed by atoms with Crippen LogP contribution in [-0.4, -0.2) is 46.4 Å². The average Bonchev–Trinajstić information content (AvgIpc) is 3.01. The van der Waals surface area contributed by atoms with E-state index in [0.717, 1.165) is 56.0 Å². The molecule has 2 unspecified atom stereocenters. The number of carbonyl (C=O) groups excluding carboxylic acids is 3. The molecule has 1 N–H and O–H groups in total. The van der Waals surface area contributed by atoms with Gasteiger partial charge in [-0.15, -0.1) is 0 Å². The average molecular weight is 391 g/mol. The quantitative estimate of drug-likeness (QED) is 0.720. The molecule has 3 rings (SSSR count). The molecule has 0 radical (unpaired) electrons. The number of nitrogens with one attached hydrogen (secondary N) is 1. The molecular weight excluding hydrogens is 364 g/mol. The molecule has 146 valence electrons. The summed E-state index contributed by atoms with van der Waals surface area (Å²) >= 11 is 1.04. The summed E-state index contributed by atoms with van der Waals surface area (Å²) in [6.07, 6.45) is 5.53. The van der Waals surface area contributed by atoms with Crippen LogP contribution in [0.4, 0.5) is 4.79 Å². The van der Waals surface area contributed by atoms with Gasteiger partial charge in [0.05, 0.1) is 24.4 Å². The van der Waals surface area contributed by atoms with Crippen LogP contribution in [0.25, 0.3) is 0 Å². The van der Waals surface area contributed by atoms with Gasteiger partial charge < -0.3 is 10.1 Å². The van der Waals surface area contributed by atoms with E-state index in [1.807, 2.05) is 0 Å². The fourth-order valence-electron chi connectivity index (χ4n) is 3.56. The Morgan fingerprint density at radius 3 is 2.63 bits per heavy atom. The summed E-state index contributed by atoms with van der Waals surface area (Å²) < 4.78 is 5.62. The number of amides is 3. The predicted octanol–water partition coefficient (Wildman–Crippen LogP) is 3.60. The highest BCUT2D eigenvalue weighted by Crippen LogP contribution is 2.30. The highest BCUT2D eigenvalue weighted by atomic mass is 32.2. The number of benzene rings is 1. The lowest BCUT2D eigenvalue weighted by atomic mass is 9.89.